The average Bonchev–Trinajstić information content (AvgIpc) is 3.45. The Morgan fingerprint density at radius 2 is 1.79 bits per heavy atom. The summed E-state index contributed by atoms with van der Waals surface area (Å²) in [6.45, 7) is 0.724. The van der Waals surface area contributed by atoms with Gasteiger partial charge in [-0.1, -0.05) is 24.3 Å². The fraction of sp³-hybridized carbons (Fsp3) is 0.500. The summed E-state index contributed by atoms with van der Waals surface area (Å²) in [7, 11) is 0. The quantitative estimate of drug-likeness (QED) is 0.490. The smallest absolute Gasteiger partial charge is 0.318 e. The third-order valence-electron chi connectivity index (χ3n) is 8.80. The zero-order valence-corrected chi connectivity index (χ0v) is 19.3. The topological polar surface area (TPSA) is 58.4 Å². The number of carbonyl (C=O) groups excluding carboxylic acids is 1. The molecular weight excluding hydrogens is 429 g/mol. The first kappa shape index (κ1) is 20.5. The van der Waals surface area contributed by atoms with Crippen LogP contribution in [0.5, 0.6) is 0 Å². The number of urea groups is 1. The van der Waals surface area contributed by atoms with E-state index < -0.39 is 0 Å². The van der Waals surface area contributed by atoms with E-state index in [2.05, 4.69) is 5.32 Å². The van der Waals surface area contributed by atoms with E-state index in [0.717, 1.165) is 62.0 Å². The number of aromatic nitrogens is 1. The van der Waals surface area contributed by atoms with Gasteiger partial charge >= 0.3 is 6.03 Å². The Hall–Kier alpha value is -2.89. The number of likely N-dealkylation sites (tertiary alicyclic amines) is 1. The highest BCUT2D eigenvalue weighted by Crippen LogP contribution is 2.55. The van der Waals surface area contributed by atoms with Gasteiger partial charge in [-0.05, 0) is 92.9 Å². The second-order valence-electron chi connectivity index (χ2n) is 11.2. The normalized spacial score (nSPS) is 32.0. The van der Waals surface area contributed by atoms with Crippen LogP contribution in [0.3, 0.4) is 0 Å². The van der Waals surface area contributed by atoms with Crippen molar-refractivity contribution in [2.75, 3.05) is 6.54 Å². The predicted molar refractivity (Wildman–Crippen MR) is 128 cm³/mol. The molecular formula is C28H30FN3O2. The molecule has 6 heteroatoms. The number of hydrogen-bond acceptors (Lipinski definition) is 3. The SMILES string of the molecule is O=C(NC12CC3CC(CC(C3)C1)C2)N1CCC[C@H]1c1nc2cc(-c3ccccc3F)ccc2o1. The zero-order chi connectivity index (χ0) is 22.9. The van der Waals surface area contributed by atoms with Crippen LogP contribution in [-0.2, 0) is 0 Å². The van der Waals surface area contributed by atoms with Gasteiger partial charge in [-0.25, -0.2) is 14.2 Å². The second kappa shape index (κ2) is 7.56. The summed E-state index contributed by atoms with van der Waals surface area (Å²) in [5.74, 6) is 2.71. The van der Waals surface area contributed by atoms with Gasteiger partial charge in [-0.2, -0.15) is 0 Å². The maximum Gasteiger partial charge on any atom is 0.318 e. The number of carbonyl (C=O) groups is 1. The van der Waals surface area contributed by atoms with E-state index in [0.29, 0.717) is 22.6 Å². The fourth-order valence-electron chi connectivity index (χ4n) is 7.78. The third-order valence-corrected chi connectivity index (χ3v) is 8.80. The van der Waals surface area contributed by atoms with Crippen LogP contribution in [0.15, 0.2) is 46.9 Å². The molecule has 3 aromatic rings. The number of amides is 2. The molecule has 5 nitrogen and oxygen atoms in total. The van der Waals surface area contributed by atoms with E-state index in [1.807, 2.05) is 29.2 Å². The molecule has 8 rings (SSSR count). The van der Waals surface area contributed by atoms with Crippen molar-refractivity contribution < 1.29 is 13.6 Å². The van der Waals surface area contributed by atoms with Crippen molar-refractivity contribution in [3.63, 3.8) is 0 Å². The Kier molecular flexibility index (Phi) is 4.55. The Balaban J connectivity index is 1.14. The number of rotatable bonds is 3. The van der Waals surface area contributed by atoms with Crippen LogP contribution in [0, 0.1) is 23.6 Å². The summed E-state index contributed by atoms with van der Waals surface area (Å²) >= 11 is 0. The van der Waals surface area contributed by atoms with Gasteiger partial charge in [0.25, 0.3) is 0 Å². The first-order chi connectivity index (χ1) is 16.6. The monoisotopic (exact) mass is 459 g/mol. The number of benzene rings is 2. The summed E-state index contributed by atoms with van der Waals surface area (Å²) in [6, 6.07) is 12.2. The Labute approximate surface area is 198 Å². The zero-order valence-electron chi connectivity index (χ0n) is 19.3. The lowest BCUT2D eigenvalue weighted by Crippen LogP contribution is -2.61. The van der Waals surface area contributed by atoms with Crippen molar-refractivity contribution in [3.05, 3.63) is 54.2 Å². The first-order valence-corrected chi connectivity index (χ1v) is 12.8. The molecule has 34 heavy (non-hydrogen) atoms. The lowest BCUT2D eigenvalue weighted by Gasteiger charge is -2.57. The molecule has 0 radical (unpaired) electrons. The molecule has 0 unspecified atom stereocenters. The lowest BCUT2D eigenvalue weighted by atomic mass is 9.53. The molecule has 0 spiro atoms. The second-order valence-corrected chi connectivity index (χ2v) is 11.2. The van der Waals surface area contributed by atoms with Gasteiger partial charge < -0.3 is 14.6 Å². The van der Waals surface area contributed by atoms with Crippen molar-refractivity contribution in [2.45, 2.75) is 62.9 Å². The molecule has 5 aliphatic rings. The molecule has 1 saturated heterocycles. The number of nitrogens with one attached hydrogen (secondary N) is 1. The van der Waals surface area contributed by atoms with E-state index >= 15 is 0 Å². The van der Waals surface area contributed by atoms with E-state index in [9.17, 15) is 9.18 Å². The minimum Gasteiger partial charge on any atom is -0.438 e. The highest BCUT2D eigenvalue weighted by atomic mass is 19.1. The van der Waals surface area contributed by atoms with E-state index in [1.165, 1.54) is 25.3 Å². The molecule has 5 fully saturated rings. The molecule has 1 aromatic heterocycles. The number of halogens is 1. The molecule has 4 saturated carbocycles. The van der Waals surface area contributed by atoms with Gasteiger partial charge in [0, 0.05) is 17.6 Å². The van der Waals surface area contributed by atoms with Crippen LogP contribution in [0.2, 0.25) is 0 Å². The molecule has 1 aliphatic heterocycles. The minimum atomic E-state index is -0.256. The fourth-order valence-corrected chi connectivity index (χ4v) is 7.78. The number of nitrogens with zero attached hydrogens (tertiary/aromatic N) is 2. The predicted octanol–water partition coefficient (Wildman–Crippen LogP) is 6.45. The standard InChI is InChI=1S/C28H30FN3O2/c29-22-5-2-1-4-21(22)20-7-8-25-23(13-20)30-26(34-25)24-6-3-9-32(24)27(33)31-28-14-17-10-18(15-28)12-19(11-17)16-28/h1-2,4-5,7-8,13,17-19,24H,3,6,9-12,14-16H2,(H,31,33)/t17?,18?,19?,24-,28?/m0/s1. The van der Waals surface area contributed by atoms with Crippen molar-refractivity contribution in [3.8, 4) is 11.1 Å². The third kappa shape index (κ3) is 3.33. The number of hydrogen-bond donors (Lipinski definition) is 1. The van der Waals surface area contributed by atoms with E-state index in [4.69, 9.17) is 9.40 Å². The van der Waals surface area contributed by atoms with Crippen LogP contribution in [0.25, 0.3) is 22.2 Å². The van der Waals surface area contributed by atoms with Crippen molar-refractivity contribution in [2.24, 2.45) is 17.8 Å². The van der Waals surface area contributed by atoms with Crippen LogP contribution in [0.4, 0.5) is 9.18 Å². The maximum absolute atomic E-state index is 14.3. The van der Waals surface area contributed by atoms with Crippen LogP contribution >= 0.6 is 0 Å². The van der Waals surface area contributed by atoms with Crippen LogP contribution in [-0.4, -0.2) is 28.0 Å². The summed E-state index contributed by atoms with van der Waals surface area (Å²) in [5.41, 5.74) is 2.68. The summed E-state index contributed by atoms with van der Waals surface area (Å²) < 4.78 is 20.4. The molecule has 4 bridgehead atoms. The summed E-state index contributed by atoms with van der Waals surface area (Å²) in [4.78, 5) is 20.2. The molecule has 2 aromatic carbocycles. The molecule has 1 N–H and O–H groups in total. The van der Waals surface area contributed by atoms with E-state index in [-0.39, 0.29) is 23.4 Å². The van der Waals surface area contributed by atoms with Crippen LogP contribution in [0.1, 0.15) is 63.3 Å². The summed E-state index contributed by atoms with van der Waals surface area (Å²) in [5, 5.41) is 3.51. The van der Waals surface area contributed by atoms with Gasteiger partial charge in [0.1, 0.15) is 17.4 Å². The van der Waals surface area contributed by atoms with Crippen LogP contribution < -0.4 is 5.32 Å². The number of oxazole rings is 1. The Bertz CT molecular complexity index is 1230. The molecule has 1 atom stereocenters. The molecule has 4 aliphatic carbocycles. The van der Waals surface area contributed by atoms with Gasteiger partial charge in [0.05, 0.1) is 0 Å². The minimum absolute atomic E-state index is 0.00502. The first-order valence-electron chi connectivity index (χ1n) is 12.8. The number of fused-ring (bicyclic) bond motifs is 1. The Morgan fingerprint density at radius 1 is 1.06 bits per heavy atom. The largest absolute Gasteiger partial charge is 0.438 e. The van der Waals surface area contributed by atoms with Crippen molar-refractivity contribution >= 4 is 17.1 Å². The molecule has 2 heterocycles. The van der Waals surface area contributed by atoms with Gasteiger partial charge in [0.2, 0.25) is 5.89 Å². The van der Waals surface area contributed by atoms with Crippen molar-refractivity contribution in [1.82, 2.24) is 15.2 Å². The van der Waals surface area contributed by atoms with Gasteiger partial charge in [0.15, 0.2) is 5.58 Å². The lowest BCUT2D eigenvalue weighted by molar-refractivity contribution is -0.0160. The van der Waals surface area contributed by atoms with E-state index in [1.54, 1.807) is 12.1 Å². The molecule has 176 valence electrons. The molecule has 2 amide bonds. The van der Waals surface area contributed by atoms with Gasteiger partial charge in [-0.15, -0.1) is 0 Å². The van der Waals surface area contributed by atoms with Gasteiger partial charge in [-0.3, -0.25) is 0 Å². The Morgan fingerprint density at radius 3 is 2.53 bits per heavy atom. The van der Waals surface area contributed by atoms with Crippen molar-refractivity contribution in [1.29, 1.82) is 0 Å². The highest BCUT2D eigenvalue weighted by molar-refractivity contribution is 5.81. The maximum atomic E-state index is 14.3. The highest BCUT2D eigenvalue weighted by Gasteiger charge is 2.52. The summed E-state index contributed by atoms with van der Waals surface area (Å²) in [6.07, 6.45) is 9.30. The average molecular weight is 460 g/mol.